The van der Waals surface area contributed by atoms with E-state index in [9.17, 15) is 8.78 Å². The molecule has 1 aromatic heterocycles. The van der Waals surface area contributed by atoms with Gasteiger partial charge in [0.05, 0.1) is 11.4 Å². The minimum Gasteiger partial charge on any atom is -0.240 e. The zero-order valence-electron chi connectivity index (χ0n) is 8.19. The van der Waals surface area contributed by atoms with Crippen molar-refractivity contribution in [2.45, 2.75) is 5.75 Å². The second-order valence-corrected chi connectivity index (χ2v) is 3.46. The number of nitrogens with zero attached hydrogens (tertiary/aromatic N) is 2. The molecule has 0 fully saturated rings. The highest BCUT2D eigenvalue weighted by Gasteiger charge is 2.08. The highest BCUT2D eigenvalue weighted by atomic mass is 32.1. The van der Waals surface area contributed by atoms with E-state index in [1.807, 2.05) is 0 Å². The number of hydrogen-bond donors (Lipinski definition) is 1. The van der Waals surface area contributed by atoms with Crippen molar-refractivity contribution in [1.82, 2.24) is 9.97 Å². The fourth-order valence-corrected chi connectivity index (χ4v) is 1.47. The van der Waals surface area contributed by atoms with Crippen molar-refractivity contribution in [3.05, 3.63) is 47.9 Å². The van der Waals surface area contributed by atoms with Crippen molar-refractivity contribution in [2.75, 3.05) is 0 Å². The highest BCUT2D eigenvalue weighted by Crippen LogP contribution is 2.21. The van der Waals surface area contributed by atoms with Crippen LogP contribution in [0.2, 0.25) is 0 Å². The molecule has 0 bridgehead atoms. The minimum atomic E-state index is -0.509. The Morgan fingerprint density at radius 2 is 2.00 bits per heavy atom. The topological polar surface area (TPSA) is 25.8 Å². The fraction of sp³-hybridized carbons (Fsp3) is 0.0909. The van der Waals surface area contributed by atoms with Gasteiger partial charge in [0.2, 0.25) is 0 Å². The Hall–Kier alpha value is -1.49. The van der Waals surface area contributed by atoms with Gasteiger partial charge >= 0.3 is 0 Å². The van der Waals surface area contributed by atoms with E-state index in [1.165, 1.54) is 12.3 Å². The van der Waals surface area contributed by atoms with E-state index in [0.29, 0.717) is 17.3 Å². The van der Waals surface area contributed by atoms with Crippen molar-refractivity contribution in [1.29, 1.82) is 0 Å². The van der Waals surface area contributed by atoms with Crippen LogP contribution in [0.25, 0.3) is 11.3 Å². The molecule has 1 aromatic carbocycles. The summed E-state index contributed by atoms with van der Waals surface area (Å²) in [5.74, 6) is -0.178. The first-order valence-electron chi connectivity index (χ1n) is 4.59. The standard InChI is InChI=1S/C11H8F2N2S/c12-7-1-2-9(13)8(5-7)10-3-4-14-11(6-16)15-10/h1-5,16H,6H2. The Kier molecular flexibility index (Phi) is 3.14. The Bertz CT molecular complexity index is 517. The number of thiol groups is 1. The van der Waals surface area contributed by atoms with Crippen LogP contribution in [0.5, 0.6) is 0 Å². The van der Waals surface area contributed by atoms with Gasteiger partial charge in [-0.2, -0.15) is 12.6 Å². The van der Waals surface area contributed by atoms with Crippen molar-refractivity contribution >= 4 is 12.6 Å². The van der Waals surface area contributed by atoms with Gasteiger partial charge in [-0.1, -0.05) is 0 Å². The van der Waals surface area contributed by atoms with E-state index >= 15 is 0 Å². The number of hydrogen-bond acceptors (Lipinski definition) is 3. The van der Waals surface area contributed by atoms with Gasteiger partial charge < -0.3 is 0 Å². The summed E-state index contributed by atoms with van der Waals surface area (Å²) in [6.07, 6.45) is 1.50. The predicted octanol–water partition coefficient (Wildman–Crippen LogP) is 2.85. The lowest BCUT2D eigenvalue weighted by Gasteiger charge is -2.03. The summed E-state index contributed by atoms with van der Waals surface area (Å²) < 4.78 is 26.4. The number of aromatic nitrogens is 2. The lowest BCUT2D eigenvalue weighted by Crippen LogP contribution is -1.95. The predicted molar refractivity (Wildman–Crippen MR) is 60.1 cm³/mol. The van der Waals surface area contributed by atoms with Crippen LogP contribution in [-0.2, 0) is 5.75 Å². The highest BCUT2D eigenvalue weighted by molar-refractivity contribution is 7.79. The first-order chi connectivity index (χ1) is 7.70. The Morgan fingerprint density at radius 1 is 1.19 bits per heavy atom. The average molecular weight is 238 g/mol. The molecule has 0 aliphatic heterocycles. The second kappa shape index (κ2) is 4.57. The molecule has 2 aromatic rings. The molecule has 0 unspecified atom stereocenters. The maximum atomic E-state index is 13.4. The quantitative estimate of drug-likeness (QED) is 0.814. The maximum Gasteiger partial charge on any atom is 0.138 e. The van der Waals surface area contributed by atoms with Crippen LogP contribution < -0.4 is 0 Å². The molecule has 0 spiro atoms. The van der Waals surface area contributed by atoms with Crippen LogP contribution in [0.1, 0.15) is 5.82 Å². The summed E-state index contributed by atoms with van der Waals surface area (Å²) in [7, 11) is 0. The molecule has 16 heavy (non-hydrogen) atoms. The molecule has 0 saturated carbocycles. The lowest BCUT2D eigenvalue weighted by molar-refractivity contribution is 0.602. The van der Waals surface area contributed by atoms with E-state index in [4.69, 9.17) is 0 Å². The lowest BCUT2D eigenvalue weighted by atomic mass is 10.1. The minimum absolute atomic E-state index is 0.130. The van der Waals surface area contributed by atoms with Crippen LogP contribution in [0.3, 0.4) is 0 Å². The van der Waals surface area contributed by atoms with Crippen LogP contribution in [0, 0.1) is 11.6 Å². The molecular formula is C11H8F2N2S. The molecule has 82 valence electrons. The van der Waals surface area contributed by atoms with Crippen molar-refractivity contribution in [3.8, 4) is 11.3 Å². The van der Waals surface area contributed by atoms with E-state index in [-0.39, 0.29) is 5.56 Å². The molecule has 0 aliphatic rings. The first kappa shape index (κ1) is 11.0. The van der Waals surface area contributed by atoms with Crippen LogP contribution in [-0.4, -0.2) is 9.97 Å². The monoisotopic (exact) mass is 238 g/mol. The molecule has 2 nitrogen and oxygen atoms in total. The van der Waals surface area contributed by atoms with Crippen molar-refractivity contribution in [2.24, 2.45) is 0 Å². The molecule has 0 radical (unpaired) electrons. The van der Waals surface area contributed by atoms with Gasteiger partial charge in [-0.05, 0) is 24.3 Å². The first-order valence-corrected chi connectivity index (χ1v) is 5.22. The number of benzene rings is 1. The summed E-state index contributed by atoms with van der Waals surface area (Å²) in [5, 5.41) is 0. The van der Waals surface area contributed by atoms with E-state index in [2.05, 4.69) is 22.6 Å². The van der Waals surface area contributed by atoms with Gasteiger partial charge in [0, 0.05) is 11.8 Å². The van der Waals surface area contributed by atoms with Gasteiger partial charge in [0.25, 0.3) is 0 Å². The summed E-state index contributed by atoms with van der Waals surface area (Å²) in [5.41, 5.74) is 0.487. The van der Waals surface area contributed by atoms with Crippen LogP contribution in [0.4, 0.5) is 8.78 Å². The van der Waals surface area contributed by atoms with E-state index in [1.54, 1.807) is 0 Å². The largest absolute Gasteiger partial charge is 0.240 e. The molecule has 0 N–H and O–H groups in total. The summed E-state index contributed by atoms with van der Waals surface area (Å²) in [6.45, 7) is 0. The number of rotatable bonds is 2. The fourth-order valence-electron chi connectivity index (χ4n) is 1.32. The molecule has 0 aliphatic carbocycles. The third kappa shape index (κ3) is 2.19. The second-order valence-electron chi connectivity index (χ2n) is 3.14. The number of halogens is 2. The maximum absolute atomic E-state index is 13.4. The van der Waals surface area contributed by atoms with Gasteiger partial charge in [-0.3, -0.25) is 0 Å². The normalized spacial score (nSPS) is 10.4. The van der Waals surface area contributed by atoms with Crippen LogP contribution in [0.15, 0.2) is 30.5 Å². The third-order valence-corrected chi connectivity index (χ3v) is 2.33. The molecule has 2 rings (SSSR count). The molecule has 1 heterocycles. The third-order valence-electron chi connectivity index (χ3n) is 2.05. The summed E-state index contributed by atoms with van der Waals surface area (Å²) in [6, 6.07) is 4.79. The van der Waals surface area contributed by atoms with E-state index in [0.717, 1.165) is 18.2 Å². The molecule has 0 amide bonds. The Morgan fingerprint density at radius 3 is 2.75 bits per heavy atom. The zero-order valence-corrected chi connectivity index (χ0v) is 9.09. The molecule has 0 atom stereocenters. The molecule has 5 heteroatoms. The van der Waals surface area contributed by atoms with Crippen molar-refractivity contribution < 1.29 is 8.78 Å². The molecule has 0 saturated heterocycles. The van der Waals surface area contributed by atoms with Gasteiger partial charge in [-0.25, -0.2) is 18.7 Å². The zero-order chi connectivity index (χ0) is 11.5. The van der Waals surface area contributed by atoms with Gasteiger partial charge in [-0.15, -0.1) is 0 Å². The molecular weight excluding hydrogens is 230 g/mol. The van der Waals surface area contributed by atoms with Gasteiger partial charge in [0.1, 0.15) is 17.5 Å². The summed E-state index contributed by atoms with van der Waals surface area (Å²) >= 11 is 4.02. The van der Waals surface area contributed by atoms with Crippen molar-refractivity contribution in [3.63, 3.8) is 0 Å². The SMILES string of the molecule is Fc1ccc(F)c(-c2ccnc(CS)n2)c1. The van der Waals surface area contributed by atoms with Gasteiger partial charge in [0.15, 0.2) is 0 Å². The summed E-state index contributed by atoms with van der Waals surface area (Å²) in [4.78, 5) is 8.00. The Labute approximate surface area is 96.8 Å². The van der Waals surface area contributed by atoms with E-state index < -0.39 is 11.6 Å². The average Bonchev–Trinajstić information content (AvgIpc) is 2.32. The Balaban J connectivity index is 2.53. The van der Waals surface area contributed by atoms with Crippen LogP contribution >= 0.6 is 12.6 Å². The smallest absolute Gasteiger partial charge is 0.138 e.